The number of carbonyl (C=O) groups excluding carboxylic acids is 1. The van der Waals surface area contributed by atoms with Crippen LogP contribution in [0, 0.1) is 6.92 Å². The van der Waals surface area contributed by atoms with E-state index in [1.54, 1.807) is 10.6 Å². The average molecular weight is 449 g/mol. The van der Waals surface area contributed by atoms with E-state index in [2.05, 4.69) is 25.9 Å². The van der Waals surface area contributed by atoms with Crippen molar-refractivity contribution in [3.05, 3.63) is 71.7 Å². The van der Waals surface area contributed by atoms with Crippen molar-refractivity contribution in [2.24, 2.45) is 0 Å². The minimum atomic E-state index is -0.386. The highest BCUT2D eigenvalue weighted by Crippen LogP contribution is 2.25. The first kappa shape index (κ1) is 19.3. The molecule has 0 radical (unpaired) electrons. The van der Waals surface area contributed by atoms with Crippen LogP contribution in [0.1, 0.15) is 21.9 Å². The minimum absolute atomic E-state index is 0.218. The average Bonchev–Trinajstić information content (AvgIpc) is 3.48. The van der Waals surface area contributed by atoms with E-state index in [-0.39, 0.29) is 16.8 Å². The van der Waals surface area contributed by atoms with Crippen LogP contribution in [-0.2, 0) is 6.54 Å². The zero-order chi connectivity index (χ0) is 21.4. The minimum Gasteiger partial charge on any atom is -0.451 e. The van der Waals surface area contributed by atoms with Gasteiger partial charge in [0.2, 0.25) is 4.96 Å². The molecule has 10 heteroatoms. The fourth-order valence-electron chi connectivity index (χ4n) is 3.08. The molecule has 3 heterocycles. The summed E-state index contributed by atoms with van der Waals surface area (Å²) < 4.78 is 7.29. The maximum absolute atomic E-state index is 12.4. The molecule has 0 aliphatic carbocycles. The van der Waals surface area contributed by atoms with E-state index in [4.69, 9.17) is 16.6 Å². The number of benzene rings is 2. The van der Waals surface area contributed by atoms with Crippen LogP contribution in [0.5, 0.6) is 0 Å². The number of para-hydroxylation sites is 1. The molecule has 5 rings (SSSR count). The SMILES string of the molecule is Cc1nnc2sc(-c3ccc(CNC(=S)NC(=O)c4cc5ccccc5o4)cc3)nn12. The molecular weight excluding hydrogens is 432 g/mol. The van der Waals surface area contributed by atoms with Crippen LogP contribution < -0.4 is 10.6 Å². The van der Waals surface area contributed by atoms with Crippen molar-refractivity contribution >= 4 is 50.5 Å². The summed E-state index contributed by atoms with van der Waals surface area (Å²) in [7, 11) is 0. The lowest BCUT2D eigenvalue weighted by Crippen LogP contribution is -2.38. The van der Waals surface area contributed by atoms with Gasteiger partial charge in [-0.15, -0.1) is 10.2 Å². The first-order chi connectivity index (χ1) is 15.1. The summed E-state index contributed by atoms with van der Waals surface area (Å²) in [5.74, 6) is 0.592. The Labute approximate surface area is 185 Å². The topological polar surface area (TPSA) is 97.3 Å². The van der Waals surface area contributed by atoms with E-state index < -0.39 is 0 Å². The first-order valence-corrected chi connectivity index (χ1v) is 10.7. The van der Waals surface area contributed by atoms with Gasteiger partial charge in [-0.25, -0.2) is 0 Å². The fraction of sp³-hybridized carbons (Fsp3) is 0.0952. The van der Waals surface area contributed by atoms with Gasteiger partial charge in [-0.3, -0.25) is 10.1 Å². The lowest BCUT2D eigenvalue weighted by atomic mass is 10.1. The van der Waals surface area contributed by atoms with Crippen LogP contribution in [0.3, 0.4) is 0 Å². The summed E-state index contributed by atoms with van der Waals surface area (Å²) in [5, 5.41) is 20.3. The molecule has 1 amide bonds. The van der Waals surface area contributed by atoms with Crippen LogP contribution in [-0.4, -0.2) is 30.8 Å². The Kier molecular flexibility index (Phi) is 4.92. The number of nitrogens with zero attached hydrogens (tertiary/aromatic N) is 4. The van der Waals surface area contributed by atoms with Gasteiger partial charge in [-0.2, -0.15) is 9.61 Å². The van der Waals surface area contributed by atoms with Gasteiger partial charge in [-0.05, 0) is 36.8 Å². The molecule has 0 spiro atoms. The highest BCUT2D eigenvalue weighted by atomic mass is 32.1. The van der Waals surface area contributed by atoms with Crippen molar-refractivity contribution in [2.45, 2.75) is 13.5 Å². The van der Waals surface area contributed by atoms with E-state index in [0.717, 1.165) is 32.3 Å². The fourth-order valence-corrected chi connectivity index (χ4v) is 4.14. The van der Waals surface area contributed by atoms with Crippen LogP contribution >= 0.6 is 23.6 Å². The van der Waals surface area contributed by atoms with Gasteiger partial charge in [0, 0.05) is 17.5 Å². The van der Waals surface area contributed by atoms with Crippen LogP contribution in [0.25, 0.3) is 26.5 Å². The maximum atomic E-state index is 12.4. The normalized spacial score (nSPS) is 11.1. The van der Waals surface area contributed by atoms with Gasteiger partial charge >= 0.3 is 0 Å². The van der Waals surface area contributed by atoms with Gasteiger partial charge in [0.1, 0.15) is 10.6 Å². The predicted molar refractivity (Wildman–Crippen MR) is 122 cm³/mol. The summed E-state index contributed by atoms with van der Waals surface area (Å²) in [6, 6.07) is 17.1. The molecule has 5 aromatic rings. The van der Waals surface area contributed by atoms with Crippen molar-refractivity contribution in [3.63, 3.8) is 0 Å². The third-order valence-corrected chi connectivity index (χ3v) is 5.87. The molecule has 0 atom stereocenters. The molecule has 2 N–H and O–H groups in total. The van der Waals surface area contributed by atoms with Crippen molar-refractivity contribution < 1.29 is 9.21 Å². The van der Waals surface area contributed by atoms with Crippen molar-refractivity contribution in [1.29, 1.82) is 0 Å². The number of nitrogens with one attached hydrogen (secondary N) is 2. The molecule has 3 aromatic heterocycles. The monoisotopic (exact) mass is 448 g/mol. The second-order valence-corrected chi connectivity index (χ2v) is 8.20. The third kappa shape index (κ3) is 3.90. The second kappa shape index (κ2) is 7.89. The van der Waals surface area contributed by atoms with E-state index in [0.29, 0.717) is 12.1 Å². The predicted octanol–water partition coefficient (Wildman–Crippen LogP) is 3.71. The quantitative estimate of drug-likeness (QED) is 0.405. The number of carbonyl (C=O) groups is 1. The molecule has 2 aromatic carbocycles. The number of rotatable bonds is 4. The number of fused-ring (bicyclic) bond motifs is 2. The number of aryl methyl sites for hydroxylation is 1. The number of hydrogen-bond donors (Lipinski definition) is 2. The highest BCUT2D eigenvalue weighted by Gasteiger charge is 2.14. The molecule has 0 saturated carbocycles. The summed E-state index contributed by atoms with van der Waals surface area (Å²) >= 11 is 6.73. The van der Waals surface area contributed by atoms with E-state index in [1.807, 2.05) is 55.5 Å². The molecular formula is C21H16N6O2S2. The molecule has 0 bridgehead atoms. The molecule has 0 saturated heterocycles. The lowest BCUT2D eigenvalue weighted by Gasteiger charge is -2.09. The van der Waals surface area contributed by atoms with Crippen LogP contribution in [0.4, 0.5) is 0 Å². The smallest absolute Gasteiger partial charge is 0.293 e. The van der Waals surface area contributed by atoms with Crippen molar-refractivity contribution in [3.8, 4) is 10.6 Å². The molecule has 0 aliphatic heterocycles. The summed E-state index contributed by atoms with van der Waals surface area (Å²) in [6.45, 7) is 2.35. The Morgan fingerprint density at radius 2 is 1.97 bits per heavy atom. The Morgan fingerprint density at radius 3 is 2.74 bits per heavy atom. The Balaban J connectivity index is 1.19. The Morgan fingerprint density at radius 1 is 1.16 bits per heavy atom. The highest BCUT2D eigenvalue weighted by molar-refractivity contribution is 7.80. The summed E-state index contributed by atoms with van der Waals surface area (Å²) in [4.78, 5) is 13.1. The van der Waals surface area contributed by atoms with Crippen LogP contribution in [0.2, 0.25) is 0 Å². The molecule has 0 fully saturated rings. The van der Waals surface area contributed by atoms with Crippen molar-refractivity contribution in [2.75, 3.05) is 0 Å². The van der Waals surface area contributed by atoms with Crippen LogP contribution in [0.15, 0.2) is 59.0 Å². The zero-order valence-electron chi connectivity index (χ0n) is 16.3. The lowest BCUT2D eigenvalue weighted by molar-refractivity contribution is 0.0951. The van der Waals surface area contributed by atoms with Gasteiger partial charge in [0.25, 0.3) is 5.91 Å². The number of thiocarbonyl (C=S) groups is 1. The first-order valence-electron chi connectivity index (χ1n) is 9.43. The number of furan rings is 1. The van der Waals surface area contributed by atoms with Gasteiger partial charge in [0.15, 0.2) is 16.7 Å². The van der Waals surface area contributed by atoms with Crippen molar-refractivity contribution in [1.82, 2.24) is 30.4 Å². The van der Waals surface area contributed by atoms with E-state index in [1.165, 1.54) is 11.3 Å². The van der Waals surface area contributed by atoms with Gasteiger partial charge < -0.3 is 9.73 Å². The summed E-state index contributed by atoms with van der Waals surface area (Å²) in [5.41, 5.74) is 2.68. The molecule has 0 unspecified atom stereocenters. The zero-order valence-corrected chi connectivity index (χ0v) is 18.0. The Bertz CT molecular complexity index is 1380. The standard InChI is InChI=1S/C21H16N6O2S2/c1-12-24-25-21-27(12)26-19(31-21)14-8-6-13(7-9-14)11-22-20(30)23-18(28)17-10-15-4-2-3-5-16(15)29-17/h2-10H,11H2,1H3,(H2,22,23,28,30). The molecule has 154 valence electrons. The third-order valence-electron chi connectivity index (χ3n) is 4.68. The number of hydrogen-bond acceptors (Lipinski definition) is 7. The maximum Gasteiger partial charge on any atom is 0.293 e. The van der Waals surface area contributed by atoms with E-state index >= 15 is 0 Å². The second-order valence-electron chi connectivity index (χ2n) is 6.83. The molecule has 31 heavy (non-hydrogen) atoms. The van der Waals surface area contributed by atoms with Gasteiger partial charge in [-0.1, -0.05) is 53.8 Å². The number of amides is 1. The number of aromatic nitrogens is 4. The largest absolute Gasteiger partial charge is 0.451 e. The van der Waals surface area contributed by atoms with E-state index in [9.17, 15) is 4.79 Å². The van der Waals surface area contributed by atoms with Gasteiger partial charge in [0.05, 0.1) is 0 Å². The summed E-state index contributed by atoms with van der Waals surface area (Å²) in [6.07, 6.45) is 0. The molecule has 8 nitrogen and oxygen atoms in total. The Hall–Kier alpha value is -3.63. The molecule has 0 aliphatic rings.